The van der Waals surface area contributed by atoms with Crippen LogP contribution in [0, 0.1) is 13.8 Å². The van der Waals surface area contributed by atoms with Crippen molar-refractivity contribution in [3.05, 3.63) is 47.7 Å². The number of aromatic amines is 1. The first-order valence-corrected chi connectivity index (χ1v) is 7.45. The van der Waals surface area contributed by atoms with Crippen molar-refractivity contribution in [1.29, 1.82) is 0 Å². The summed E-state index contributed by atoms with van der Waals surface area (Å²) in [4.78, 5) is 0. The van der Waals surface area contributed by atoms with Crippen LogP contribution >= 0.6 is 0 Å². The van der Waals surface area contributed by atoms with Gasteiger partial charge in [-0.1, -0.05) is 24.3 Å². The molecule has 0 saturated heterocycles. The number of aromatic hydroxyl groups is 1. The van der Waals surface area contributed by atoms with Crippen molar-refractivity contribution in [3.8, 4) is 5.75 Å². The van der Waals surface area contributed by atoms with Crippen molar-refractivity contribution >= 4 is 33.3 Å². The number of phenolic OH excluding ortho intramolecular Hbond substituents is 1. The lowest BCUT2D eigenvalue weighted by molar-refractivity contribution is 0.481. The van der Waals surface area contributed by atoms with Crippen LogP contribution in [0.3, 0.4) is 0 Å². The number of benzene rings is 2. The summed E-state index contributed by atoms with van der Waals surface area (Å²) in [6.45, 7) is 3.85. The lowest BCUT2D eigenvalue weighted by Crippen LogP contribution is -1.91. The molecule has 2 aromatic carbocycles. The molecule has 0 unspecified atom stereocenters. The zero-order valence-electron chi connectivity index (χ0n) is 13.1. The molecule has 4 aromatic rings. The van der Waals surface area contributed by atoms with E-state index >= 15 is 0 Å². The molecule has 0 fully saturated rings. The van der Waals surface area contributed by atoms with E-state index in [1.807, 2.05) is 38.1 Å². The van der Waals surface area contributed by atoms with Crippen LogP contribution in [0.5, 0.6) is 5.75 Å². The summed E-state index contributed by atoms with van der Waals surface area (Å²) in [6, 6.07) is 10.9. The average Bonchev–Trinajstić information content (AvgIpc) is 3.02. The molecule has 0 radical (unpaired) electrons. The van der Waals surface area contributed by atoms with Gasteiger partial charge in [0.05, 0.1) is 16.8 Å². The summed E-state index contributed by atoms with van der Waals surface area (Å²) in [6.07, 6.45) is 0. The quantitative estimate of drug-likeness (QED) is 0.540. The second-order valence-corrected chi connectivity index (χ2v) is 5.53. The van der Waals surface area contributed by atoms with Crippen molar-refractivity contribution in [1.82, 2.24) is 20.4 Å². The van der Waals surface area contributed by atoms with E-state index in [1.165, 1.54) is 0 Å². The minimum atomic E-state index is 0.221. The lowest BCUT2D eigenvalue weighted by Gasteiger charge is -2.03. The lowest BCUT2D eigenvalue weighted by atomic mass is 10.1. The summed E-state index contributed by atoms with van der Waals surface area (Å²) in [7, 11) is 0. The Bertz CT molecular complexity index is 1100. The maximum absolute atomic E-state index is 9.95. The number of fused-ring (bicyclic) bond motifs is 2. The van der Waals surface area contributed by atoms with Crippen molar-refractivity contribution in [3.63, 3.8) is 0 Å². The Labute approximate surface area is 137 Å². The molecular formula is C17H14N6O. The van der Waals surface area contributed by atoms with Gasteiger partial charge in [0, 0.05) is 10.8 Å². The molecule has 0 aliphatic rings. The summed E-state index contributed by atoms with van der Waals surface area (Å²) in [5.41, 5.74) is 2.99. The largest absolute Gasteiger partial charge is 0.507 e. The molecule has 0 aliphatic carbocycles. The van der Waals surface area contributed by atoms with Crippen LogP contribution in [0.15, 0.2) is 46.6 Å². The van der Waals surface area contributed by atoms with Gasteiger partial charge < -0.3 is 5.11 Å². The molecular weight excluding hydrogens is 304 g/mol. The fourth-order valence-corrected chi connectivity index (χ4v) is 2.65. The summed E-state index contributed by atoms with van der Waals surface area (Å²) < 4.78 is 0. The van der Waals surface area contributed by atoms with Gasteiger partial charge in [-0.2, -0.15) is 10.2 Å². The Balaban J connectivity index is 1.85. The second kappa shape index (κ2) is 5.38. The fraction of sp³-hybridized carbons (Fsp3) is 0.118. The predicted molar refractivity (Wildman–Crippen MR) is 90.9 cm³/mol. The smallest absolute Gasteiger partial charge is 0.205 e. The predicted octanol–water partition coefficient (Wildman–Crippen LogP) is 4.24. The third kappa shape index (κ3) is 2.18. The van der Waals surface area contributed by atoms with E-state index in [2.05, 4.69) is 30.6 Å². The van der Waals surface area contributed by atoms with E-state index in [9.17, 15) is 5.11 Å². The number of hydrogen-bond acceptors (Lipinski definition) is 6. The number of rotatable bonds is 2. The first-order chi connectivity index (χ1) is 11.6. The molecule has 0 atom stereocenters. The summed E-state index contributed by atoms with van der Waals surface area (Å²) >= 11 is 0. The van der Waals surface area contributed by atoms with E-state index in [0.29, 0.717) is 17.2 Å². The first kappa shape index (κ1) is 14.3. The molecule has 2 aromatic heterocycles. The highest BCUT2D eigenvalue weighted by molar-refractivity contribution is 5.96. The van der Waals surface area contributed by atoms with Crippen molar-refractivity contribution in [2.24, 2.45) is 10.2 Å². The molecule has 24 heavy (non-hydrogen) atoms. The van der Waals surface area contributed by atoms with Gasteiger partial charge in [-0.05, 0) is 31.5 Å². The average molecular weight is 318 g/mol. The highest BCUT2D eigenvalue weighted by Crippen LogP contribution is 2.34. The fourth-order valence-electron chi connectivity index (χ4n) is 2.65. The van der Waals surface area contributed by atoms with Gasteiger partial charge in [0.15, 0.2) is 5.82 Å². The SMILES string of the molecule is Cc1nnc2n[nH]c(N=Nc3ccc(O)c4ccccc34)c2c1C. The number of nitrogens with one attached hydrogen (secondary N) is 1. The van der Waals surface area contributed by atoms with Gasteiger partial charge in [0.2, 0.25) is 5.65 Å². The Morgan fingerprint density at radius 1 is 0.958 bits per heavy atom. The van der Waals surface area contributed by atoms with Crippen molar-refractivity contribution < 1.29 is 5.11 Å². The maximum Gasteiger partial charge on any atom is 0.205 e. The molecule has 7 nitrogen and oxygen atoms in total. The number of H-pyrrole nitrogens is 1. The number of aromatic nitrogens is 4. The van der Waals surface area contributed by atoms with E-state index in [0.717, 1.165) is 27.4 Å². The second-order valence-electron chi connectivity index (χ2n) is 5.53. The van der Waals surface area contributed by atoms with E-state index in [-0.39, 0.29) is 5.75 Å². The molecule has 2 N–H and O–H groups in total. The van der Waals surface area contributed by atoms with Crippen LogP contribution in [0.25, 0.3) is 21.8 Å². The Hall–Kier alpha value is -3.35. The topological polar surface area (TPSA) is 99.4 Å². The van der Waals surface area contributed by atoms with Gasteiger partial charge in [0.25, 0.3) is 0 Å². The van der Waals surface area contributed by atoms with Crippen LogP contribution in [0.2, 0.25) is 0 Å². The number of nitrogens with zero attached hydrogens (tertiary/aromatic N) is 5. The monoisotopic (exact) mass is 318 g/mol. The maximum atomic E-state index is 9.95. The molecule has 118 valence electrons. The van der Waals surface area contributed by atoms with Gasteiger partial charge >= 0.3 is 0 Å². The number of azo groups is 1. The van der Waals surface area contributed by atoms with Gasteiger partial charge in [-0.25, -0.2) is 0 Å². The van der Waals surface area contributed by atoms with E-state index in [1.54, 1.807) is 12.1 Å². The zero-order chi connectivity index (χ0) is 16.7. The van der Waals surface area contributed by atoms with Crippen LogP contribution in [0.4, 0.5) is 11.5 Å². The van der Waals surface area contributed by atoms with Gasteiger partial charge in [-0.15, -0.1) is 15.3 Å². The molecule has 0 saturated carbocycles. The van der Waals surface area contributed by atoms with Crippen molar-refractivity contribution in [2.75, 3.05) is 0 Å². The molecule has 0 spiro atoms. The molecule has 0 aliphatic heterocycles. The Morgan fingerprint density at radius 3 is 2.58 bits per heavy atom. The number of hydrogen-bond donors (Lipinski definition) is 2. The molecule has 7 heteroatoms. The summed E-state index contributed by atoms with van der Waals surface area (Å²) in [5.74, 6) is 0.760. The number of phenols is 1. The highest BCUT2D eigenvalue weighted by atomic mass is 16.3. The first-order valence-electron chi connectivity index (χ1n) is 7.45. The standard InChI is InChI=1S/C17H14N6O/c1-9-10(2)18-20-16-15(9)17(23-22-16)21-19-13-7-8-14(24)12-6-4-3-5-11(12)13/h3-8,24H,1-2H3,(H,20,22,23). The van der Waals surface area contributed by atoms with Gasteiger partial charge in [0.1, 0.15) is 5.75 Å². The molecule has 0 amide bonds. The normalized spacial score (nSPS) is 11.8. The third-order valence-electron chi connectivity index (χ3n) is 4.08. The number of aryl methyl sites for hydroxylation is 2. The van der Waals surface area contributed by atoms with Crippen LogP contribution in [-0.2, 0) is 0 Å². The highest BCUT2D eigenvalue weighted by Gasteiger charge is 2.12. The zero-order valence-corrected chi connectivity index (χ0v) is 13.1. The van der Waals surface area contributed by atoms with E-state index in [4.69, 9.17) is 0 Å². The summed E-state index contributed by atoms with van der Waals surface area (Å²) in [5, 5.41) is 36.0. The van der Waals surface area contributed by atoms with Crippen LogP contribution in [0.1, 0.15) is 11.3 Å². The minimum absolute atomic E-state index is 0.221. The van der Waals surface area contributed by atoms with Crippen LogP contribution in [-0.4, -0.2) is 25.5 Å². The Kier molecular flexibility index (Phi) is 3.19. The van der Waals surface area contributed by atoms with Crippen LogP contribution < -0.4 is 0 Å². The van der Waals surface area contributed by atoms with Gasteiger partial charge in [-0.3, -0.25) is 5.10 Å². The van der Waals surface area contributed by atoms with Crippen molar-refractivity contribution in [2.45, 2.75) is 13.8 Å². The molecule has 4 rings (SSSR count). The Morgan fingerprint density at radius 2 is 1.75 bits per heavy atom. The van der Waals surface area contributed by atoms with E-state index < -0.39 is 0 Å². The minimum Gasteiger partial charge on any atom is -0.507 e. The molecule has 2 heterocycles. The molecule has 0 bridgehead atoms. The third-order valence-corrected chi connectivity index (χ3v) is 4.08.